The predicted molar refractivity (Wildman–Crippen MR) is 113 cm³/mol. The Balaban J connectivity index is 1.97. The van der Waals surface area contributed by atoms with Crippen LogP contribution in [0.1, 0.15) is 27.6 Å². The largest absolute Gasteiger partial charge is 0.497 e. The number of anilines is 1. The average Bonchev–Trinajstić information content (AvgIpc) is 3.17. The topological polar surface area (TPSA) is 108 Å². The van der Waals surface area contributed by atoms with Gasteiger partial charge in [0.25, 0.3) is 11.6 Å². The van der Waals surface area contributed by atoms with Gasteiger partial charge in [-0.2, -0.15) is 0 Å². The normalized spacial score (nSPS) is 10.3. The van der Waals surface area contributed by atoms with Crippen molar-refractivity contribution < 1.29 is 24.0 Å². The number of thiophene rings is 1. The molecule has 9 heteroatoms. The molecule has 0 saturated heterocycles. The summed E-state index contributed by atoms with van der Waals surface area (Å²) in [4.78, 5) is 35.7. The number of methoxy groups -OCH3 is 1. The van der Waals surface area contributed by atoms with Crippen molar-refractivity contribution in [1.29, 1.82) is 0 Å². The van der Waals surface area contributed by atoms with Gasteiger partial charge in [-0.3, -0.25) is 14.9 Å². The molecule has 1 heterocycles. The second kappa shape index (κ2) is 9.19. The van der Waals surface area contributed by atoms with Crippen molar-refractivity contribution >= 4 is 33.9 Å². The Kier molecular flexibility index (Phi) is 6.43. The third-order valence-corrected chi connectivity index (χ3v) is 5.11. The monoisotopic (exact) mass is 426 g/mol. The maximum absolute atomic E-state index is 12.7. The number of hydrogen-bond donors (Lipinski definition) is 1. The molecule has 0 aliphatic heterocycles. The molecule has 30 heavy (non-hydrogen) atoms. The van der Waals surface area contributed by atoms with Gasteiger partial charge < -0.3 is 14.8 Å². The van der Waals surface area contributed by atoms with Gasteiger partial charge in [-0.1, -0.05) is 6.07 Å². The zero-order valence-electron chi connectivity index (χ0n) is 16.2. The van der Waals surface area contributed by atoms with E-state index in [0.29, 0.717) is 27.4 Å². The van der Waals surface area contributed by atoms with Crippen molar-refractivity contribution in [3.63, 3.8) is 0 Å². The molecule has 1 aromatic heterocycles. The Bertz CT molecular complexity index is 1090. The SMILES string of the molecule is CCOC(=O)c1c(-c2ccc([N+](=O)[O-])cc2)csc1NC(=O)c1cccc(OC)c1. The van der Waals surface area contributed by atoms with Crippen LogP contribution < -0.4 is 10.1 Å². The molecule has 0 atom stereocenters. The Morgan fingerprint density at radius 1 is 1.17 bits per heavy atom. The van der Waals surface area contributed by atoms with Gasteiger partial charge in [0.05, 0.1) is 18.6 Å². The van der Waals surface area contributed by atoms with E-state index < -0.39 is 16.8 Å². The maximum atomic E-state index is 12.7. The first kappa shape index (κ1) is 21.0. The number of non-ortho nitro benzene ring substituents is 1. The van der Waals surface area contributed by atoms with Gasteiger partial charge in [0, 0.05) is 28.6 Å². The van der Waals surface area contributed by atoms with Gasteiger partial charge in [0.2, 0.25) is 0 Å². The predicted octanol–water partition coefficient (Wildman–Crippen LogP) is 4.76. The van der Waals surface area contributed by atoms with Crippen molar-refractivity contribution in [3.05, 3.63) is 75.2 Å². The fourth-order valence-corrected chi connectivity index (χ4v) is 3.72. The summed E-state index contributed by atoms with van der Waals surface area (Å²) in [5.41, 5.74) is 1.63. The van der Waals surface area contributed by atoms with Gasteiger partial charge in [-0.15, -0.1) is 11.3 Å². The Morgan fingerprint density at radius 3 is 2.53 bits per heavy atom. The third kappa shape index (κ3) is 4.47. The molecule has 0 saturated carbocycles. The van der Waals surface area contributed by atoms with Gasteiger partial charge in [-0.05, 0) is 42.8 Å². The fraction of sp³-hybridized carbons (Fsp3) is 0.143. The van der Waals surface area contributed by atoms with Crippen LogP contribution in [-0.4, -0.2) is 30.5 Å². The lowest BCUT2D eigenvalue weighted by Crippen LogP contribution is -2.14. The number of nitrogens with zero attached hydrogens (tertiary/aromatic N) is 1. The number of carbonyl (C=O) groups is 2. The number of amides is 1. The summed E-state index contributed by atoms with van der Waals surface area (Å²) < 4.78 is 10.3. The molecule has 154 valence electrons. The molecular weight excluding hydrogens is 408 g/mol. The summed E-state index contributed by atoms with van der Waals surface area (Å²) in [6.45, 7) is 1.85. The van der Waals surface area contributed by atoms with Gasteiger partial charge in [-0.25, -0.2) is 4.79 Å². The van der Waals surface area contributed by atoms with Crippen LogP contribution in [-0.2, 0) is 4.74 Å². The number of nitro groups is 1. The Hall–Kier alpha value is -3.72. The lowest BCUT2D eigenvalue weighted by Gasteiger charge is -2.09. The molecule has 0 fully saturated rings. The smallest absolute Gasteiger partial charge is 0.341 e. The van der Waals surface area contributed by atoms with Crippen LogP contribution in [0.15, 0.2) is 53.9 Å². The highest BCUT2D eigenvalue weighted by atomic mass is 32.1. The van der Waals surface area contributed by atoms with Crippen LogP contribution in [0, 0.1) is 10.1 Å². The highest BCUT2D eigenvalue weighted by molar-refractivity contribution is 7.15. The first-order valence-electron chi connectivity index (χ1n) is 8.93. The highest BCUT2D eigenvalue weighted by Crippen LogP contribution is 2.37. The zero-order chi connectivity index (χ0) is 21.7. The lowest BCUT2D eigenvalue weighted by molar-refractivity contribution is -0.384. The van der Waals surface area contributed by atoms with Crippen molar-refractivity contribution in [1.82, 2.24) is 0 Å². The number of ether oxygens (including phenoxy) is 2. The lowest BCUT2D eigenvalue weighted by atomic mass is 10.0. The number of rotatable bonds is 7. The number of esters is 1. The summed E-state index contributed by atoms with van der Waals surface area (Å²) in [7, 11) is 1.51. The van der Waals surface area contributed by atoms with Crippen molar-refractivity contribution in [2.45, 2.75) is 6.92 Å². The summed E-state index contributed by atoms with van der Waals surface area (Å²) in [5, 5.41) is 15.7. The first-order chi connectivity index (χ1) is 14.4. The van der Waals surface area contributed by atoms with Crippen LogP contribution in [0.3, 0.4) is 0 Å². The van der Waals surface area contributed by atoms with E-state index >= 15 is 0 Å². The molecule has 0 spiro atoms. The Morgan fingerprint density at radius 2 is 1.90 bits per heavy atom. The molecule has 1 amide bonds. The molecule has 8 nitrogen and oxygen atoms in total. The van der Waals surface area contributed by atoms with E-state index in [1.165, 1.54) is 30.6 Å². The van der Waals surface area contributed by atoms with E-state index in [2.05, 4.69) is 5.32 Å². The second-order valence-corrected chi connectivity index (χ2v) is 6.94. The van der Waals surface area contributed by atoms with Crippen molar-refractivity contribution in [3.8, 4) is 16.9 Å². The minimum atomic E-state index is -0.590. The number of hydrogen-bond acceptors (Lipinski definition) is 7. The van der Waals surface area contributed by atoms with Crippen LogP contribution in [0.25, 0.3) is 11.1 Å². The van der Waals surface area contributed by atoms with Crippen LogP contribution >= 0.6 is 11.3 Å². The highest BCUT2D eigenvalue weighted by Gasteiger charge is 2.23. The molecule has 0 radical (unpaired) electrons. The minimum Gasteiger partial charge on any atom is -0.497 e. The number of benzene rings is 2. The van der Waals surface area contributed by atoms with E-state index in [9.17, 15) is 19.7 Å². The molecule has 3 rings (SSSR count). The molecule has 0 unspecified atom stereocenters. The number of carbonyl (C=O) groups excluding carboxylic acids is 2. The van der Waals surface area contributed by atoms with Crippen LogP contribution in [0.2, 0.25) is 0 Å². The van der Waals surface area contributed by atoms with E-state index in [-0.39, 0.29) is 17.9 Å². The minimum absolute atomic E-state index is 0.0572. The summed E-state index contributed by atoms with van der Waals surface area (Å²) >= 11 is 1.17. The molecule has 0 aliphatic rings. The quantitative estimate of drug-likeness (QED) is 0.331. The maximum Gasteiger partial charge on any atom is 0.341 e. The zero-order valence-corrected chi connectivity index (χ0v) is 17.0. The standard InChI is InChI=1S/C21H18N2O6S/c1-3-29-21(25)18-17(13-7-9-15(10-8-13)23(26)27)12-30-20(18)22-19(24)14-5-4-6-16(11-14)28-2/h4-12H,3H2,1-2H3,(H,22,24). The van der Waals surface area contributed by atoms with E-state index in [4.69, 9.17) is 9.47 Å². The number of nitro benzene ring substituents is 1. The average molecular weight is 426 g/mol. The first-order valence-corrected chi connectivity index (χ1v) is 9.81. The second-order valence-electron chi connectivity index (χ2n) is 6.06. The third-order valence-electron chi connectivity index (χ3n) is 4.22. The van der Waals surface area contributed by atoms with E-state index in [0.717, 1.165) is 0 Å². The summed E-state index contributed by atoms with van der Waals surface area (Å²) in [5.74, 6) is -0.462. The van der Waals surface area contributed by atoms with Gasteiger partial charge in [0.15, 0.2) is 0 Å². The molecule has 0 bridgehead atoms. The molecular formula is C21H18N2O6S. The Labute approximate surface area is 176 Å². The summed E-state index contributed by atoms with van der Waals surface area (Å²) in [6, 6.07) is 12.5. The van der Waals surface area contributed by atoms with Gasteiger partial charge >= 0.3 is 5.97 Å². The van der Waals surface area contributed by atoms with Crippen molar-refractivity contribution in [2.24, 2.45) is 0 Å². The van der Waals surface area contributed by atoms with E-state index in [1.54, 1.807) is 48.7 Å². The van der Waals surface area contributed by atoms with Crippen LogP contribution in [0.5, 0.6) is 5.75 Å². The molecule has 0 aliphatic carbocycles. The van der Waals surface area contributed by atoms with Crippen LogP contribution in [0.4, 0.5) is 10.7 Å². The summed E-state index contributed by atoms with van der Waals surface area (Å²) in [6.07, 6.45) is 0. The van der Waals surface area contributed by atoms with Crippen molar-refractivity contribution in [2.75, 3.05) is 19.0 Å². The van der Waals surface area contributed by atoms with E-state index in [1.807, 2.05) is 0 Å². The number of nitrogens with one attached hydrogen (secondary N) is 1. The molecule has 3 aromatic rings. The van der Waals surface area contributed by atoms with Gasteiger partial charge in [0.1, 0.15) is 16.3 Å². The molecule has 1 N–H and O–H groups in total. The molecule has 2 aromatic carbocycles. The fourth-order valence-electron chi connectivity index (χ4n) is 2.77.